The van der Waals surface area contributed by atoms with Crippen molar-refractivity contribution < 1.29 is 17.9 Å². The van der Waals surface area contributed by atoms with E-state index < -0.39 is 12.4 Å². The van der Waals surface area contributed by atoms with Crippen LogP contribution in [-0.2, 0) is 6.54 Å². The fourth-order valence-corrected chi connectivity index (χ4v) is 5.11. The van der Waals surface area contributed by atoms with Crippen LogP contribution in [0.5, 0.6) is 5.75 Å². The van der Waals surface area contributed by atoms with Crippen molar-refractivity contribution in [1.29, 1.82) is 5.26 Å². The van der Waals surface area contributed by atoms with E-state index in [0.29, 0.717) is 23.2 Å². The Labute approximate surface area is 168 Å². The predicted molar refractivity (Wildman–Crippen MR) is 104 cm³/mol. The van der Waals surface area contributed by atoms with Gasteiger partial charge in [0, 0.05) is 29.8 Å². The van der Waals surface area contributed by atoms with Crippen molar-refractivity contribution in [3.8, 4) is 22.9 Å². The molecule has 2 bridgehead atoms. The third-order valence-corrected chi connectivity index (χ3v) is 6.48. The molecule has 2 fully saturated rings. The van der Waals surface area contributed by atoms with E-state index in [4.69, 9.17) is 10.00 Å². The van der Waals surface area contributed by atoms with Crippen molar-refractivity contribution in [2.45, 2.75) is 51.8 Å². The van der Waals surface area contributed by atoms with E-state index in [1.54, 1.807) is 30.3 Å². The number of para-hydroxylation sites is 1. The SMILES string of the molecule is C[C@@]12CC[C@@](C)(C1)N(Cc1cccc(-c3ccc(C#N)c(F)c3)c1OC(F)F)C2. The molecule has 29 heavy (non-hydrogen) atoms. The Morgan fingerprint density at radius 2 is 2.00 bits per heavy atom. The number of fused-ring (bicyclic) bond motifs is 2. The number of hydrogen-bond acceptors (Lipinski definition) is 3. The Morgan fingerprint density at radius 1 is 1.21 bits per heavy atom. The lowest BCUT2D eigenvalue weighted by Gasteiger charge is -2.37. The molecule has 0 unspecified atom stereocenters. The number of hydrogen-bond donors (Lipinski definition) is 0. The molecule has 1 aliphatic heterocycles. The first kappa shape index (κ1) is 19.8. The van der Waals surface area contributed by atoms with Gasteiger partial charge < -0.3 is 4.74 Å². The molecule has 2 aromatic rings. The van der Waals surface area contributed by atoms with Gasteiger partial charge in [-0.2, -0.15) is 14.0 Å². The molecule has 2 atom stereocenters. The molecule has 0 aromatic heterocycles. The van der Waals surface area contributed by atoms with Crippen molar-refractivity contribution in [3.63, 3.8) is 0 Å². The molecule has 1 saturated carbocycles. The molecule has 2 aliphatic rings. The lowest BCUT2D eigenvalue weighted by molar-refractivity contribution is -0.0506. The maximum absolute atomic E-state index is 14.1. The minimum Gasteiger partial charge on any atom is -0.434 e. The Kier molecular flexibility index (Phi) is 4.82. The van der Waals surface area contributed by atoms with Crippen LogP contribution in [0.1, 0.15) is 44.2 Å². The van der Waals surface area contributed by atoms with Gasteiger partial charge in [0.05, 0.1) is 5.56 Å². The first-order chi connectivity index (χ1) is 13.7. The summed E-state index contributed by atoms with van der Waals surface area (Å²) in [5.41, 5.74) is 1.70. The van der Waals surface area contributed by atoms with E-state index in [-0.39, 0.29) is 22.3 Å². The van der Waals surface area contributed by atoms with Gasteiger partial charge in [-0.1, -0.05) is 31.2 Å². The van der Waals surface area contributed by atoms with Crippen LogP contribution >= 0.6 is 0 Å². The summed E-state index contributed by atoms with van der Waals surface area (Å²) in [6.07, 6.45) is 3.38. The number of benzene rings is 2. The van der Waals surface area contributed by atoms with Gasteiger partial charge >= 0.3 is 6.61 Å². The van der Waals surface area contributed by atoms with Crippen LogP contribution in [0.15, 0.2) is 36.4 Å². The number of ether oxygens (including phenoxy) is 1. The zero-order valence-corrected chi connectivity index (χ0v) is 16.5. The molecule has 1 heterocycles. The van der Waals surface area contributed by atoms with Crippen LogP contribution in [0.3, 0.4) is 0 Å². The molecular formula is C23H23F3N2O. The summed E-state index contributed by atoms with van der Waals surface area (Å²) >= 11 is 0. The Morgan fingerprint density at radius 3 is 2.59 bits per heavy atom. The van der Waals surface area contributed by atoms with Crippen molar-refractivity contribution >= 4 is 0 Å². The average Bonchev–Trinajstić information content (AvgIpc) is 3.10. The fraction of sp³-hybridized carbons (Fsp3) is 0.435. The van der Waals surface area contributed by atoms with Crippen LogP contribution in [-0.4, -0.2) is 23.6 Å². The molecule has 1 aliphatic carbocycles. The maximum atomic E-state index is 14.1. The zero-order valence-electron chi connectivity index (χ0n) is 16.5. The predicted octanol–water partition coefficient (Wildman–Crippen LogP) is 5.73. The number of piperidine rings is 1. The van der Waals surface area contributed by atoms with Gasteiger partial charge in [-0.3, -0.25) is 4.90 Å². The molecule has 2 aromatic carbocycles. The van der Waals surface area contributed by atoms with Crippen molar-refractivity contribution in [1.82, 2.24) is 4.90 Å². The van der Waals surface area contributed by atoms with E-state index >= 15 is 0 Å². The molecular weight excluding hydrogens is 377 g/mol. The van der Waals surface area contributed by atoms with Crippen molar-refractivity contribution in [2.24, 2.45) is 5.41 Å². The Balaban J connectivity index is 1.73. The van der Waals surface area contributed by atoms with E-state index in [9.17, 15) is 13.2 Å². The van der Waals surface area contributed by atoms with Gasteiger partial charge in [0.25, 0.3) is 0 Å². The molecule has 0 radical (unpaired) electrons. The number of nitrogens with zero attached hydrogens (tertiary/aromatic N) is 2. The fourth-order valence-electron chi connectivity index (χ4n) is 5.11. The average molecular weight is 400 g/mol. The minimum absolute atomic E-state index is 0.0629. The smallest absolute Gasteiger partial charge is 0.387 e. The topological polar surface area (TPSA) is 36.3 Å². The second kappa shape index (κ2) is 7.07. The quantitative estimate of drug-likeness (QED) is 0.643. The van der Waals surface area contributed by atoms with E-state index in [1.807, 2.05) is 0 Å². The molecule has 0 spiro atoms. The second-order valence-electron chi connectivity index (χ2n) is 8.82. The second-order valence-corrected chi connectivity index (χ2v) is 8.82. The lowest BCUT2D eigenvalue weighted by Crippen LogP contribution is -2.42. The summed E-state index contributed by atoms with van der Waals surface area (Å²) in [6, 6.07) is 11.1. The van der Waals surface area contributed by atoms with E-state index in [0.717, 1.165) is 19.4 Å². The summed E-state index contributed by atoms with van der Waals surface area (Å²) in [4.78, 5) is 2.35. The zero-order chi connectivity index (χ0) is 20.8. The summed E-state index contributed by atoms with van der Waals surface area (Å²) in [5.74, 6) is -0.612. The largest absolute Gasteiger partial charge is 0.434 e. The van der Waals surface area contributed by atoms with Crippen LogP contribution in [0.4, 0.5) is 13.2 Å². The lowest BCUT2D eigenvalue weighted by atomic mass is 9.90. The summed E-state index contributed by atoms with van der Waals surface area (Å²) in [6.45, 7) is 2.96. The number of rotatable bonds is 5. The standard InChI is InChI=1S/C23H23F3N2O/c1-22-8-9-23(2,13-22)28(14-22)12-17-4-3-5-18(20(17)29-21(25)26)15-6-7-16(11-27)19(24)10-15/h3-7,10,21H,8-9,12-14H2,1-2H3/t22-,23+/m1/s1. The first-order valence-corrected chi connectivity index (χ1v) is 9.75. The van der Waals surface area contributed by atoms with Gasteiger partial charge in [0.15, 0.2) is 0 Å². The molecule has 0 N–H and O–H groups in total. The number of halogens is 3. The molecule has 1 saturated heterocycles. The molecule has 0 amide bonds. The van der Waals surface area contributed by atoms with Crippen LogP contribution in [0.25, 0.3) is 11.1 Å². The minimum atomic E-state index is -2.98. The maximum Gasteiger partial charge on any atom is 0.387 e. The summed E-state index contributed by atoms with van der Waals surface area (Å²) in [5, 5.41) is 8.93. The third-order valence-electron chi connectivity index (χ3n) is 6.48. The monoisotopic (exact) mass is 400 g/mol. The van der Waals surface area contributed by atoms with Gasteiger partial charge in [-0.05, 0) is 49.3 Å². The van der Waals surface area contributed by atoms with Gasteiger partial charge in [-0.25, -0.2) is 4.39 Å². The van der Waals surface area contributed by atoms with E-state index in [2.05, 4.69) is 18.7 Å². The Hall–Kier alpha value is -2.52. The summed E-state index contributed by atoms with van der Waals surface area (Å²) in [7, 11) is 0. The number of nitriles is 1. The highest BCUT2D eigenvalue weighted by Crippen LogP contribution is 2.54. The molecule has 4 rings (SSSR count). The molecule has 152 valence electrons. The normalized spacial score (nSPS) is 26.1. The number of alkyl halides is 2. The van der Waals surface area contributed by atoms with Gasteiger partial charge in [-0.15, -0.1) is 0 Å². The highest BCUT2D eigenvalue weighted by atomic mass is 19.3. The van der Waals surface area contributed by atoms with Crippen molar-refractivity contribution in [3.05, 3.63) is 53.3 Å². The van der Waals surface area contributed by atoms with E-state index in [1.165, 1.54) is 18.6 Å². The van der Waals surface area contributed by atoms with Crippen molar-refractivity contribution in [2.75, 3.05) is 6.54 Å². The highest BCUT2D eigenvalue weighted by molar-refractivity contribution is 5.73. The van der Waals surface area contributed by atoms with Crippen LogP contribution in [0.2, 0.25) is 0 Å². The van der Waals surface area contributed by atoms with Crippen LogP contribution < -0.4 is 4.74 Å². The molecule has 3 nitrogen and oxygen atoms in total. The van der Waals surface area contributed by atoms with Gasteiger partial charge in [0.1, 0.15) is 17.6 Å². The van der Waals surface area contributed by atoms with Crippen LogP contribution in [0, 0.1) is 22.6 Å². The third kappa shape index (κ3) is 3.60. The Bertz CT molecular complexity index is 987. The highest BCUT2D eigenvalue weighted by Gasteiger charge is 2.53. The molecule has 6 heteroatoms. The number of likely N-dealkylation sites (tertiary alicyclic amines) is 1. The first-order valence-electron chi connectivity index (χ1n) is 9.75. The summed E-state index contributed by atoms with van der Waals surface area (Å²) < 4.78 is 45.5. The van der Waals surface area contributed by atoms with Gasteiger partial charge in [0.2, 0.25) is 0 Å².